The first-order chi connectivity index (χ1) is 11.9. The SMILES string of the molecule is COC(=O)c1cccc2ccc(-c3cccc(OC(F)(F)F)c3)nc12. The van der Waals surface area contributed by atoms with Crippen LogP contribution in [0.5, 0.6) is 5.75 Å². The summed E-state index contributed by atoms with van der Waals surface area (Å²) >= 11 is 0. The number of hydrogen-bond donors (Lipinski definition) is 0. The van der Waals surface area contributed by atoms with Crippen molar-refractivity contribution in [1.82, 2.24) is 4.98 Å². The molecule has 0 aliphatic heterocycles. The summed E-state index contributed by atoms with van der Waals surface area (Å²) < 4.78 is 45.8. The molecule has 0 aliphatic carbocycles. The quantitative estimate of drug-likeness (QED) is 0.651. The number of ether oxygens (including phenoxy) is 2. The standard InChI is InChI=1S/C18H12F3NO3/c1-24-17(23)14-7-3-4-11-8-9-15(22-16(11)14)12-5-2-6-13(10-12)25-18(19,20)21/h2-10H,1H3. The van der Waals surface area contributed by atoms with Gasteiger partial charge in [-0.2, -0.15) is 0 Å². The molecule has 3 aromatic rings. The van der Waals surface area contributed by atoms with Crippen molar-refractivity contribution >= 4 is 16.9 Å². The van der Waals surface area contributed by atoms with Crippen LogP contribution < -0.4 is 4.74 Å². The van der Waals surface area contributed by atoms with Gasteiger partial charge in [-0.15, -0.1) is 13.2 Å². The summed E-state index contributed by atoms with van der Waals surface area (Å²) in [6.45, 7) is 0. The van der Waals surface area contributed by atoms with Gasteiger partial charge in [0.15, 0.2) is 0 Å². The van der Waals surface area contributed by atoms with Crippen LogP contribution >= 0.6 is 0 Å². The molecule has 128 valence electrons. The molecule has 0 amide bonds. The predicted octanol–water partition coefficient (Wildman–Crippen LogP) is 4.59. The van der Waals surface area contributed by atoms with Crippen molar-refractivity contribution in [1.29, 1.82) is 0 Å². The monoisotopic (exact) mass is 347 g/mol. The summed E-state index contributed by atoms with van der Waals surface area (Å²) in [7, 11) is 1.27. The number of rotatable bonds is 3. The maximum Gasteiger partial charge on any atom is 0.573 e. The Kier molecular flexibility index (Phi) is 4.31. The Morgan fingerprint density at radius 1 is 1.04 bits per heavy atom. The molecule has 0 bridgehead atoms. The van der Waals surface area contributed by atoms with E-state index < -0.39 is 12.3 Å². The van der Waals surface area contributed by atoms with E-state index in [4.69, 9.17) is 4.74 Å². The van der Waals surface area contributed by atoms with E-state index in [0.29, 0.717) is 22.2 Å². The Hall–Kier alpha value is -3.09. The molecule has 0 aliphatic rings. The van der Waals surface area contributed by atoms with Gasteiger partial charge in [-0.3, -0.25) is 0 Å². The number of benzene rings is 2. The lowest BCUT2D eigenvalue weighted by Gasteiger charge is -2.10. The predicted molar refractivity (Wildman–Crippen MR) is 85.2 cm³/mol. The van der Waals surface area contributed by atoms with Crippen LogP contribution in [0.3, 0.4) is 0 Å². The molecule has 0 radical (unpaired) electrons. The Morgan fingerprint density at radius 3 is 2.52 bits per heavy atom. The smallest absolute Gasteiger partial charge is 0.465 e. The largest absolute Gasteiger partial charge is 0.573 e. The summed E-state index contributed by atoms with van der Waals surface area (Å²) in [6.07, 6.45) is -4.77. The first kappa shape index (κ1) is 16.8. The number of para-hydroxylation sites is 1. The highest BCUT2D eigenvalue weighted by atomic mass is 19.4. The van der Waals surface area contributed by atoms with E-state index in [1.165, 1.54) is 25.3 Å². The van der Waals surface area contributed by atoms with Crippen LogP contribution in [0.15, 0.2) is 54.6 Å². The maximum atomic E-state index is 12.4. The number of carbonyl (C=O) groups excluding carboxylic acids is 1. The molecule has 0 spiro atoms. The number of halogens is 3. The zero-order chi connectivity index (χ0) is 18.0. The molecule has 0 saturated carbocycles. The van der Waals surface area contributed by atoms with Crippen molar-refractivity contribution < 1.29 is 27.4 Å². The van der Waals surface area contributed by atoms with Crippen molar-refractivity contribution in [3.63, 3.8) is 0 Å². The molecule has 0 N–H and O–H groups in total. The average Bonchev–Trinajstić information content (AvgIpc) is 2.59. The second-order valence-corrected chi connectivity index (χ2v) is 5.14. The summed E-state index contributed by atoms with van der Waals surface area (Å²) in [4.78, 5) is 16.3. The van der Waals surface area contributed by atoms with Gasteiger partial charge in [-0.1, -0.05) is 30.3 Å². The van der Waals surface area contributed by atoms with Crippen LogP contribution in [0.25, 0.3) is 22.2 Å². The van der Waals surface area contributed by atoms with Crippen molar-refractivity contribution in [2.75, 3.05) is 7.11 Å². The molecule has 3 rings (SSSR count). The van der Waals surface area contributed by atoms with E-state index in [-0.39, 0.29) is 11.3 Å². The van der Waals surface area contributed by atoms with E-state index in [9.17, 15) is 18.0 Å². The Labute approximate surface area is 140 Å². The number of nitrogens with zero attached hydrogens (tertiary/aromatic N) is 1. The van der Waals surface area contributed by atoms with Crippen molar-refractivity contribution in [3.8, 4) is 17.0 Å². The summed E-state index contributed by atoms with van der Waals surface area (Å²) in [5.41, 5.74) is 1.54. The molecule has 2 aromatic carbocycles. The lowest BCUT2D eigenvalue weighted by molar-refractivity contribution is -0.274. The molecular formula is C18H12F3NO3. The van der Waals surface area contributed by atoms with Gasteiger partial charge < -0.3 is 9.47 Å². The summed E-state index contributed by atoms with van der Waals surface area (Å²) in [6, 6.07) is 14.0. The number of alkyl halides is 3. The number of carbonyl (C=O) groups is 1. The van der Waals surface area contributed by atoms with Crippen LogP contribution in [0.1, 0.15) is 10.4 Å². The first-order valence-corrected chi connectivity index (χ1v) is 7.21. The number of esters is 1. The number of pyridine rings is 1. The molecule has 7 heteroatoms. The van der Waals surface area contributed by atoms with Crippen LogP contribution in [0.2, 0.25) is 0 Å². The van der Waals surface area contributed by atoms with Gasteiger partial charge in [-0.05, 0) is 24.3 Å². The number of hydrogen-bond acceptors (Lipinski definition) is 4. The third-order valence-electron chi connectivity index (χ3n) is 3.49. The molecule has 0 saturated heterocycles. The zero-order valence-corrected chi connectivity index (χ0v) is 13.0. The zero-order valence-electron chi connectivity index (χ0n) is 13.0. The van der Waals surface area contributed by atoms with E-state index >= 15 is 0 Å². The minimum atomic E-state index is -4.77. The van der Waals surface area contributed by atoms with E-state index in [1.807, 2.05) is 0 Å². The molecule has 1 heterocycles. The second-order valence-electron chi connectivity index (χ2n) is 5.14. The Bertz CT molecular complexity index is 938. The molecule has 0 fully saturated rings. The van der Waals surface area contributed by atoms with Crippen molar-refractivity contribution in [2.24, 2.45) is 0 Å². The summed E-state index contributed by atoms with van der Waals surface area (Å²) in [5, 5.41) is 0.717. The van der Waals surface area contributed by atoms with Gasteiger partial charge in [0.25, 0.3) is 0 Å². The van der Waals surface area contributed by atoms with Gasteiger partial charge in [0.2, 0.25) is 0 Å². The fourth-order valence-electron chi connectivity index (χ4n) is 2.44. The minimum absolute atomic E-state index is 0.282. The van der Waals surface area contributed by atoms with Gasteiger partial charge in [0.05, 0.1) is 23.9 Å². The van der Waals surface area contributed by atoms with Crippen LogP contribution in [-0.2, 0) is 4.74 Å². The number of aromatic nitrogens is 1. The maximum absolute atomic E-state index is 12.4. The Morgan fingerprint density at radius 2 is 1.80 bits per heavy atom. The number of methoxy groups -OCH3 is 1. The molecule has 25 heavy (non-hydrogen) atoms. The second kappa shape index (κ2) is 6.43. The highest BCUT2D eigenvalue weighted by molar-refractivity contribution is 6.03. The lowest BCUT2D eigenvalue weighted by Crippen LogP contribution is -2.17. The Balaban J connectivity index is 2.08. The fraction of sp³-hybridized carbons (Fsp3) is 0.111. The van der Waals surface area contributed by atoms with E-state index in [0.717, 1.165) is 0 Å². The molecule has 4 nitrogen and oxygen atoms in total. The minimum Gasteiger partial charge on any atom is -0.465 e. The molecule has 0 atom stereocenters. The third kappa shape index (κ3) is 3.71. The van der Waals surface area contributed by atoms with Gasteiger partial charge in [0, 0.05) is 10.9 Å². The highest BCUT2D eigenvalue weighted by Gasteiger charge is 2.31. The highest BCUT2D eigenvalue weighted by Crippen LogP contribution is 2.29. The van der Waals surface area contributed by atoms with Crippen molar-refractivity contribution in [2.45, 2.75) is 6.36 Å². The first-order valence-electron chi connectivity index (χ1n) is 7.21. The van der Waals surface area contributed by atoms with Gasteiger partial charge in [-0.25, -0.2) is 9.78 Å². The van der Waals surface area contributed by atoms with Gasteiger partial charge in [0.1, 0.15) is 5.75 Å². The van der Waals surface area contributed by atoms with Crippen LogP contribution in [-0.4, -0.2) is 24.4 Å². The van der Waals surface area contributed by atoms with Crippen LogP contribution in [0.4, 0.5) is 13.2 Å². The molecule has 1 aromatic heterocycles. The molecule has 0 unspecified atom stereocenters. The van der Waals surface area contributed by atoms with Gasteiger partial charge >= 0.3 is 12.3 Å². The van der Waals surface area contributed by atoms with E-state index in [1.54, 1.807) is 36.4 Å². The topological polar surface area (TPSA) is 48.4 Å². The normalized spacial score (nSPS) is 11.4. The molecular weight excluding hydrogens is 335 g/mol. The fourth-order valence-corrected chi connectivity index (χ4v) is 2.44. The average molecular weight is 347 g/mol. The summed E-state index contributed by atoms with van der Waals surface area (Å²) in [5.74, 6) is -0.877. The van der Waals surface area contributed by atoms with Crippen LogP contribution in [0, 0.1) is 0 Å². The third-order valence-corrected chi connectivity index (χ3v) is 3.49. The lowest BCUT2D eigenvalue weighted by atomic mass is 10.1. The van der Waals surface area contributed by atoms with E-state index in [2.05, 4.69) is 9.72 Å². The van der Waals surface area contributed by atoms with Crippen molar-refractivity contribution in [3.05, 3.63) is 60.2 Å². The number of fused-ring (bicyclic) bond motifs is 1.